The molecule has 0 spiro atoms. The van der Waals surface area contributed by atoms with Crippen LogP contribution in [0.2, 0.25) is 0 Å². The average Bonchev–Trinajstić information content (AvgIpc) is 2.88. The van der Waals surface area contributed by atoms with Crippen molar-refractivity contribution >= 4 is 35.4 Å². The molecule has 1 heterocycles. The third kappa shape index (κ3) is 6.72. The van der Waals surface area contributed by atoms with Gasteiger partial charge >= 0.3 is 5.97 Å². The second kappa shape index (κ2) is 9.19. The van der Waals surface area contributed by atoms with Gasteiger partial charge in [-0.3, -0.25) is 9.59 Å². The van der Waals surface area contributed by atoms with Gasteiger partial charge in [-0.15, -0.1) is 11.8 Å². The Balaban J connectivity index is 2.32. The molecule has 0 aromatic carbocycles. The van der Waals surface area contributed by atoms with E-state index in [0.717, 1.165) is 11.8 Å². The summed E-state index contributed by atoms with van der Waals surface area (Å²) in [5.74, 6) is -0.116. The van der Waals surface area contributed by atoms with E-state index >= 15 is 0 Å². The first-order valence-corrected chi connectivity index (χ1v) is 8.17. The minimum atomic E-state index is -0.694. The summed E-state index contributed by atoms with van der Waals surface area (Å²) in [7, 11) is 1.27. The minimum Gasteiger partial charge on any atom is -0.467 e. The Hall–Kier alpha value is -2.03. The van der Waals surface area contributed by atoms with Crippen LogP contribution in [-0.4, -0.2) is 47.6 Å². The Labute approximate surface area is 138 Å². The van der Waals surface area contributed by atoms with Gasteiger partial charge in [0.1, 0.15) is 11.8 Å². The Morgan fingerprint density at radius 1 is 1.30 bits per heavy atom. The van der Waals surface area contributed by atoms with Crippen LogP contribution in [0.1, 0.15) is 19.6 Å². The number of carbonyl (C=O) groups excluding carboxylic acids is 3. The van der Waals surface area contributed by atoms with E-state index in [-0.39, 0.29) is 29.2 Å². The summed E-state index contributed by atoms with van der Waals surface area (Å²) in [5.41, 5.74) is 0. The number of rotatable bonds is 8. The van der Waals surface area contributed by atoms with Crippen LogP contribution in [-0.2, 0) is 19.1 Å². The molecule has 0 aliphatic rings. The molecule has 128 valence electrons. The van der Waals surface area contributed by atoms with Gasteiger partial charge in [0.25, 0.3) is 0 Å². The second-order valence-corrected chi connectivity index (χ2v) is 6.16. The number of carbonyl (C=O) groups is 3. The number of nitrogens with zero attached hydrogens (tertiary/aromatic N) is 1. The molecule has 1 rings (SSSR count). The van der Waals surface area contributed by atoms with E-state index in [0.29, 0.717) is 11.6 Å². The first-order chi connectivity index (χ1) is 10.8. The molecular weight excluding hydrogens is 322 g/mol. The molecule has 0 saturated heterocycles. The fourth-order valence-electron chi connectivity index (χ4n) is 1.68. The molecule has 0 unspecified atom stereocenters. The van der Waals surface area contributed by atoms with Gasteiger partial charge in [-0.2, -0.15) is 0 Å². The van der Waals surface area contributed by atoms with E-state index < -0.39 is 12.0 Å². The van der Waals surface area contributed by atoms with Gasteiger partial charge in [-0.1, -0.05) is 19.0 Å². The lowest BCUT2D eigenvalue weighted by Crippen LogP contribution is -2.45. The van der Waals surface area contributed by atoms with Gasteiger partial charge in [-0.25, -0.2) is 4.79 Å². The van der Waals surface area contributed by atoms with Crippen LogP contribution in [0.4, 0.5) is 5.82 Å². The van der Waals surface area contributed by atoms with E-state index in [1.54, 1.807) is 13.0 Å². The molecule has 0 radical (unpaired) electrons. The zero-order valence-corrected chi connectivity index (χ0v) is 14.4. The van der Waals surface area contributed by atoms with Gasteiger partial charge in [-0.05, 0) is 12.8 Å². The van der Waals surface area contributed by atoms with Crippen molar-refractivity contribution in [3.63, 3.8) is 0 Å². The summed E-state index contributed by atoms with van der Waals surface area (Å²) in [4.78, 5) is 35.0. The van der Waals surface area contributed by atoms with Crippen molar-refractivity contribution in [1.29, 1.82) is 0 Å². The van der Waals surface area contributed by atoms with E-state index in [1.165, 1.54) is 7.11 Å². The molecule has 9 heteroatoms. The summed E-state index contributed by atoms with van der Waals surface area (Å²) in [6.45, 7) is 5.33. The van der Waals surface area contributed by atoms with Crippen molar-refractivity contribution in [2.24, 2.45) is 5.92 Å². The van der Waals surface area contributed by atoms with Crippen LogP contribution in [0.5, 0.6) is 0 Å². The van der Waals surface area contributed by atoms with Crippen molar-refractivity contribution in [3.05, 3.63) is 11.8 Å². The van der Waals surface area contributed by atoms with Crippen LogP contribution >= 0.6 is 11.8 Å². The standard InChI is InChI=1S/C14H21N3O5S/c1-8(2)13(14(20)21-4)16-12(19)7-23-6-11(18)15-10-5-9(3)22-17-10/h5,8,13H,6-7H2,1-4H3,(H,16,19)(H,15,17,18)/t13-/m0/s1. The number of hydrogen-bond donors (Lipinski definition) is 2. The van der Waals surface area contributed by atoms with Crippen molar-refractivity contribution in [2.75, 3.05) is 23.9 Å². The number of amides is 2. The third-order valence-electron chi connectivity index (χ3n) is 2.80. The van der Waals surface area contributed by atoms with Crippen molar-refractivity contribution < 1.29 is 23.6 Å². The SMILES string of the molecule is COC(=O)[C@@H](NC(=O)CSCC(=O)Nc1cc(C)on1)C(C)C. The molecule has 0 aliphatic carbocycles. The normalized spacial score (nSPS) is 11.9. The average molecular weight is 343 g/mol. The Bertz CT molecular complexity index is 558. The van der Waals surface area contributed by atoms with Gasteiger partial charge in [0.15, 0.2) is 5.82 Å². The highest BCUT2D eigenvalue weighted by molar-refractivity contribution is 8.00. The van der Waals surface area contributed by atoms with Crippen molar-refractivity contribution in [2.45, 2.75) is 26.8 Å². The lowest BCUT2D eigenvalue weighted by Gasteiger charge is -2.19. The number of aromatic nitrogens is 1. The van der Waals surface area contributed by atoms with Gasteiger partial charge in [0.2, 0.25) is 11.8 Å². The molecule has 2 N–H and O–H groups in total. The van der Waals surface area contributed by atoms with Crippen molar-refractivity contribution in [3.8, 4) is 0 Å². The Morgan fingerprint density at radius 2 is 1.96 bits per heavy atom. The maximum absolute atomic E-state index is 11.8. The zero-order chi connectivity index (χ0) is 17.4. The number of esters is 1. The summed E-state index contributed by atoms with van der Waals surface area (Å²) in [6.07, 6.45) is 0. The smallest absolute Gasteiger partial charge is 0.328 e. The third-order valence-corrected chi connectivity index (χ3v) is 3.73. The molecule has 0 saturated carbocycles. The molecule has 0 aliphatic heterocycles. The monoisotopic (exact) mass is 343 g/mol. The van der Waals surface area contributed by atoms with Crippen LogP contribution in [0.25, 0.3) is 0 Å². The highest BCUT2D eigenvalue weighted by atomic mass is 32.2. The molecule has 0 bridgehead atoms. The maximum Gasteiger partial charge on any atom is 0.328 e. The summed E-state index contributed by atoms with van der Waals surface area (Å²) in [6, 6.07) is 0.902. The Kier molecular flexibility index (Phi) is 7.60. The molecule has 0 fully saturated rings. The van der Waals surface area contributed by atoms with Crippen LogP contribution in [0.15, 0.2) is 10.6 Å². The largest absolute Gasteiger partial charge is 0.467 e. The van der Waals surface area contributed by atoms with E-state index in [1.807, 2.05) is 13.8 Å². The number of aryl methyl sites for hydroxylation is 1. The van der Waals surface area contributed by atoms with Gasteiger partial charge in [0, 0.05) is 6.07 Å². The second-order valence-electron chi connectivity index (χ2n) is 5.18. The number of hydrogen-bond acceptors (Lipinski definition) is 7. The fraction of sp³-hybridized carbons (Fsp3) is 0.571. The fourth-order valence-corrected chi connectivity index (χ4v) is 2.31. The molecule has 2 amide bonds. The summed E-state index contributed by atoms with van der Waals surface area (Å²) in [5, 5.41) is 8.79. The lowest BCUT2D eigenvalue weighted by atomic mass is 10.1. The molecule has 1 aromatic heterocycles. The predicted molar refractivity (Wildman–Crippen MR) is 86.0 cm³/mol. The first-order valence-electron chi connectivity index (χ1n) is 7.01. The highest BCUT2D eigenvalue weighted by Gasteiger charge is 2.24. The molecular formula is C14H21N3O5S. The van der Waals surface area contributed by atoms with E-state index in [2.05, 4.69) is 20.5 Å². The number of ether oxygens (including phenoxy) is 1. The van der Waals surface area contributed by atoms with E-state index in [9.17, 15) is 14.4 Å². The number of nitrogens with one attached hydrogen (secondary N) is 2. The van der Waals surface area contributed by atoms with Gasteiger partial charge < -0.3 is 19.9 Å². The highest BCUT2D eigenvalue weighted by Crippen LogP contribution is 2.09. The van der Waals surface area contributed by atoms with Crippen LogP contribution in [0.3, 0.4) is 0 Å². The topological polar surface area (TPSA) is 111 Å². The molecule has 8 nitrogen and oxygen atoms in total. The maximum atomic E-state index is 11.8. The molecule has 23 heavy (non-hydrogen) atoms. The van der Waals surface area contributed by atoms with Crippen LogP contribution < -0.4 is 10.6 Å². The van der Waals surface area contributed by atoms with Crippen molar-refractivity contribution in [1.82, 2.24) is 10.5 Å². The van der Waals surface area contributed by atoms with E-state index in [4.69, 9.17) is 4.52 Å². The van der Waals surface area contributed by atoms with Crippen LogP contribution in [0, 0.1) is 12.8 Å². The number of methoxy groups -OCH3 is 1. The number of anilines is 1. The zero-order valence-electron chi connectivity index (χ0n) is 13.5. The quantitative estimate of drug-likeness (QED) is 0.677. The Morgan fingerprint density at radius 3 is 2.48 bits per heavy atom. The molecule has 1 aromatic rings. The first kappa shape index (κ1) is 19.0. The molecule has 1 atom stereocenters. The lowest BCUT2D eigenvalue weighted by molar-refractivity contribution is -0.146. The number of thioether (sulfide) groups is 1. The van der Waals surface area contributed by atoms with Gasteiger partial charge in [0.05, 0.1) is 18.6 Å². The predicted octanol–water partition coefficient (Wildman–Crippen LogP) is 0.969. The summed E-state index contributed by atoms with van der Waals surface area (Å²) < 4.78 is 9.47. The minimum absolute atomic E-state index is 0.0610. The summed E-state index contributed by atoms with van der Waals surface area (Å²) >= 11 is 1.13.